The summed E-state index contributed by atoms with van der Waals surface area (Å²) in [5.41, 5.74) is 0. The molecule has 0 spiro atoms. The smallest absolute Gasteiger partial charge is 1.00 e. The van der Waals surface area contributed by atoms with Crippen LogP contribution >= 0.6 is 0 Å². The second-order valence-corrected chi connectivity index (χ2v) is 0. The fourth-order valence-corrected chi connectivity index (χ4v) is 0. The molecule has 0 bridgehead atoms. The van der Waals surface area contributed by atoms with Gasteiger partial charge in [-0.2, -0.15) is 0 Å². The molecule has 0 saturated carbocycles. The average molecular weight is 349 g/mol. The summed E-state index contributed by atoms with van der Waals surface area (Å²) in [6.07, 6.45) is 0. The molecule has 0 unspecified atom stereocenters. The first-order valence-electron chi connectivity index (χ1n) is 0. The molecule has 0 nitrogen and oxygen atoms in total. The Bertz CT molecular complexity index is 7.51. The van der Waals surface area contributed by atoms with Gasteiger partial charge in [0.2, 0.25) is 0 Å². The summed E-state index contributed by atoms with van der Waals surface area (Å²) in [5, 5.41) is 0. The summed E-state index contributed by atoms with van der Waals surface area (Å²) in [5.74, 6) is 0. The van der Waals surface area contributed by atoms with E-state index in [0.29, 0.717) is 0 Å². The monoisotopic (exact) mass is 347 g/mol. The molecular weight excluding hydrogens is 349 g/mol. The first kappa shape index (κ1) is 108. The first-order chi connectivity index (χ1) is 0. The van der Waals surface area contributed by atoms with Gasteiger partial charge in [-0.1, -0.05) is 0 Å². The maximum Gasteiger partial charge on any atom is 4.00 e. The molecular formula is CCl4Pt. The van der Waals surface area contributed by atoms with Crippen LogP contribution in [0.15, 0.2) is 0 Å². The second-order valence-electron chi connectivity index (χ2n) is 0. The minimum atomic E-state index is 0. The predicted octanol–water partition coefficient (Wildman–Crippen LogP) is -11.9. The molecule has 4 radical (unpaired) electrons. The van der Waals surface area contributed by atoms with Gasteiger partial charge >= 0.3 is 21.1 Å². The molecule has 0 atom stereocenters. The summed E-state index contributed by atoms with van der Waals surface area (Å²) in [6.45, 7) is 0. The summed E-state index contributed by atoms with van der Waals surface area (Å²) >= 11 is 0. The molecule has 0 N–H and O–H groups in total. The maximum atomic E-state index is 0. The van der Waals surface area contributed by atoms with Crippen LogP contribution in [-0.2, 0) is 21.1 Å². The Morgan fingerprint density at radius 2 is 0.500 bits per heavy atom. The third kappa shape index (κ3) is 40.2. The number of halogens is 4. The Kier molecular flexibility index (Phi) is 1230. The Hall–Kier alpha value is 1.85. The van der Waals surface area contributed by atoms with E-state index in [1.807, 2.05) is 0 Å². The normalized spacial score (nSPS) is 0. The SMILES string of the molecule is [C].[Cl-].[Cl-].[Cl-].[Cl-].[Pt+4]. The fraction of sp³-hybridized carbons (Fsp3) is 0. The molecule has 0 heterocycles. The Balaban J connectivity index is 0. The maximum absolute atomic E-state index is 0. The summed E-state index contributed by atoms with van der Waals surface area (Å²) in [4.78, 5) is 0. The molecule has 0 aliphatic carbocycles. The van der Waals surface area contributed by atoms with Crippen molar-refractivity contribution in [2.24, 2.45) is 0 Å². The summed E-state index contributed by atoms with van der Waals surface area (Å²) in [7, 11) is 0. The Morgan fingerprint density at radius 3 is 0.500 bits per heavy atom. The molecule has 6 heavy (non-hydrogen) atoms. The summed E-state index contributed by atoms with van der Waals surface area (Å²) in [6, 6.07) is 0. The van der Waals surface area contributed by atoms with Crippen molar-refractivity contribution in [3.63, 3.8) is 0 Å². The molecule has 0 rings (SSSR count). The van der Waals surface area contributed by atoms with E-state index >= 15 is 0 Å². The van der Waals surface area contributed by atoms with Gasteiger partial charge in [0, 0.05) is 7.43 Å². The van der Waals surface area contributed by atoms with E-state index < -0.39 is 0 Å². The number of hydrogen-bond acceptors (Lipinski definition) is 0. The van der Waals surface area contributed by atoms with E-state index in [1.165, 1.54) is 0 Å². The minimum Gasteiger partial charge on any atom is -1.00 e. The largest absolute Gasteiger partial charge is 4.00 e. The van der Waals surface area contributed by atoms with Crippen LogP contribution in [0.4, 0.5) is 0 Å². The van der Waals surface area contributed by atoms with E-state index in [4.69, 9.17) is 0 Å². The third-order valence-electron chi connectivity index (χ3n) is 0. The molecule has 0 aliphatic rings. The van der Waals surface area contributed by atoms with Gasteiger partial charge in [-0.3, -0.25) is 0 Å². The number of hydrogen-bond donors (Lipinski definition) is 0. The van der Waals surface area contributed by atoms with Crippen molar-refractivity contribution in [1.29, 1.82) is 0 Å². The minimum absolute atomic E-state index is 0. The van der Waals surface area contributed by atoms with Gasteiger partial charge in [-0.25, -0.2) is 0 Å². The van der Waals surface area contributed by atoms with E-state index in [0.717, 1.165) is 0 Å². The van der Waals surface area contributed by atoms with Crippen molar-refractivity contribution < 1.29 is 70.7 Å². The van der Waals surface area contributed by atoms with Crippen molar-refractivity contribution in [2.45, 2.75) is 0 Å². The van der Waals surface area contributed by atoms with E-state index in [1.54, 1.807) is 0 Å². The second kappa shape index (κ2) is 68.6. The Morgan fingerprint density at radius 1 is 0.500 bits per heavy atom. The van der Waals surface area contributed by atoms with Gasteiger partial charge in [0.05, 0.1) is 0 Å². The molecule has 0 aromatic carbocycles. The van der Waals surface area contributed by atoms with E-state index in [9.17, 15) is 0 Å². The molecule has 0 fully saturated rings. The number of rotatable bonds is 0. The zero-order valence-corrected chi connectivity index (χ0v) is 7.62. The van der Waals surface area contributed by atoms with Gasteiger partial charge in [0.25, 0.3) is 0 Å². The van der Waals surface area contributed by atoms with Gasteiger partial charge in [0.15, 0.2) is 0 Å². The fourth-order valence-electron chi connectivity index (χ4n) is 0. The molecule has 0 aromatic heterocycles. The van der Waals surface area contributed by atoms with E-state index in [2.05, 4.69) is 0 Å². The quantitative estimate of drug-likeness (QED) is 0.408. The van der Waals surface area contributed by atoms with Crippen molar-refractivity contribution >= 4 is 0 Å². The average Bonchev–Trinajstić information content (AvgIpc) is 0. The van der Waals surface area contributed by atoms with Crippen LogP contribution in [0.2, 0.25) is 0 Å². The predicted molar refractivity (Wildman–Crippen MR) is 3.24 cm³/mol. The van der Waals surface area contributed by atoms with Gasteiger partial charge in [-0.05, 0) is 0 Å². The Labute approximate surface area is 77.7 Å². The van der Waals surface area contributed by atoms with Crippen LogP contribution in [-0.4, -0.2) is 0 Å². The molecule has 5 heteroatoms. The van der Waals surface area contributed by atoms with Crippen molar-refractivity contribution in [3.05, 3.63) is 7.43 Å². The molecule has 42 valence electrons. The van der Waals surface area contributed by atoms with Crippen LogP contribution in [0.5, 0.6) is 0 Å². The zero-order chi connectivity index (χ0) is 0. The van der Waals surface area contributed by atoms with Crippen molar-refractivity contribution in [2.75, 3.05) is 0 Å². The molecule has 0 aromatic rings. The van der Waals surface area contributed by atoms with Crippen molar-refractivity contribution in [1.82, 2.24) is 0 Å². The van der Waals surface area contributed by atoms with Crippen LogP contribution in [0.1, 0.15) is 0 Å². The standard InChI is InChI=1S/C.4ClH.Pt/h;4*1H;/q;;;;;+4/p-4. The van der Waals surface area contributed by atoms with Crippen LogP contribution in [0, 0.1) is 7.43 Å². The van der Waals surface area contributed by atoms with Gasteiger partial charge in [0.1, 0.15) is 0 Å². The molecule has 0 aliphatic heterocycles. The van der Waals surface area contributed by atoms with Gasteiger partial charge in [-0.15, -0.1) is 0 Å². The van der Waals surface area contributed by atoms with Crippen LogP contribution in [0.3, 0.4) is 0 Å². The van der Waals surface area contributed by atoms with Crippen LogP contribution < -0.4 is 49.6 Å². The first-order valence-corrected chi connectivity index (χ1v) is 0. The van der Waals surface area contributed by atoms with Crippen molar-refractivity contribution in [3.8, 4) is 0 Å². The molecule has 0 amide bonds. The van der Waals surface area contributed by atoms with Crippen LogP contribution in [0.25, 0.3) is 0 Å². The summed E-state index contributed by atoms with van der Waals surface area (Å²) < 4.78 is 0. The van der Waals surface area contributed by atoms with Gasteiger partial charge < -0.3 is 49.6 Å². The van der Waals surface area contributed by atoms with E-state index in [-0.39, 0.29) is 78.1 Å². The topological polar surface area (TPSA) is 0 Å². The third-order valence-corrected chi connectivity index (χ3v) is 0. The zero-order valence-electron chi connectivity index (χ0n) is 2.33. The molecule has 0 saturated heterocycles.